The zero-order valence-electron chi connectivity index (χ0n) is 9.12. The van der Waals surface area contributed by atoms with Crippen LogP contribution in [0.2, 0.25) is 0 Å². The molecule has 0 amide bonds. The van der Waals surface area contributed by atoms with Crippen molar-refractivity contribution < 1.29 is 5.11 Å². The van der Waals surface area contributed by atoms with Crippen LogP contribution in [-0.4, -0.2) is 66.1 Å². The summed E-state index contributed by atoms with van der Waals surface area (Å²) in [5.74, 6) is 0. The number of alkyl halides is 1. The van der Waals surface area contributed by atoms with Gasteiger partial charge in [-0.15, -0.1) is 0 Å². The van der Waals surface area contributed by atoms with E-state index in [-0.39, 0.29) is 6.10 Å². The van der Waals surface area contributed by atoms with Crippen LogP contribution in [0.4, 0.5) is 0 Å². The quantitative estimate of drug-likeness (QED) is 0.761. The molecule has 0 saturated carbocycles. The lowest BCUT2D eigenvalue weighted by Crippen LogP contribution is -2.47. The summed E-state index contributed by atoms with van der Waals surface area (Å²) < 4.78 is 0. The monoisotopic (exact) mass is 264 g/mol. The number of halogens is 1. The lowest BCUT2D eigenvalue weighted by Gasteiger charge is -2.36. The van der Waals surface area contributed by atoms with Crippen LogP contribution < -0.4 is 0 Å². The number of hydrogen-bond acceptors (Lipinski definition) is 3. The van der Waals surface area contributed by atoms with Crippen molar-refractivity contribution in [2.24, 2.45) is 0 Å². The van der Waals surface area contributed by atoms with Gasteiger partial charge in [0.05, 0.1) is 6.10 Å². The summed E-state index contributed by atoms with van der Waals surface area (Å²) in [7, 11) is 4.27. The summed E-state index contributed by atoms with van der Waals surface area (Å²) in [6.07, 6.45) is 2.31. The van der Waals surface area contributed by atoms with E-state index in [9.17, 15) is 5.11 Å². The van der Waals surface area contributed by atoms with E-state index in [1.54, 1.807) is 0 Å². The molecule has 2 atom stereocenters. The average Bonchev–Trinajstić information content (AvgIpc) is 2.18. The van der Waals surface area contributed by atoms with Crippen LogP contribution >= 0.6 is 15.9 Å². The number of likely N-dealkylation sites (N-methyl/N-ethyl adjacent to an activating group) is 1. The highest BCUT2D eigenvalue weighted by molar-refractivity contribution is 9.09. The Labute approximate surface area is 95.2 Å². The highest BCUT2D eigenvalue weighted by Gasteiger charge is 2.22. The number of nitrogens with zero attached hydrogens (tertiary/aromatic N) is 2. The summed E-state index contributed by atoms with van der Waals surface area (Å²) in [6, 6.07) is 0.659. The van der Waals surface area contributed by atoms with Crippen molar-refractivity contribution in [3.63, 3.8) is 0 Å². The molecule has 0 bridgehead atoms. The van der Waals surface area contributed by atoms with Crippen LogP contribution in [0.5, 0.6) is 0 Å². The Morgan fingerprint density at radius 3 is 2.86 bits per heavy atom. The minimum Gasteiger partial charge on any atom is -0.391 e. The Morgan fingerprint density at radius 2 is 2.29 bits per heavy atom. The molecule has 0 aliphatic carbocycles. The fourth-order valence-electron chi connectivity index (χ4n) is 1.97. The van der Waals surface area contributed by atoms with Crippen molar-refractivity contribution in [2.75, 3.05) is 39.1 Å². The highest BCUT2D eigenvalue weighted by atomic mass is 79.9. The third-order valence-corrected chi connectivity index (χ3v) is 3.61. The number of likely N-dealkylation sites (tertiary alicyclic amines) is 1. The van der Waals surface area contributed by atoms with Gasteiger partial charge in [-0.1, -0.05) is 15.9 Å². The van der Waals surface area contributed by atoms with E-state index in [1.165, 1.54) is 12.8 Å². The van der Waals surface area contributed by atoms with E-state index < -0.39 is 0 Å². The number of hydrogen-bond donors (Lipinski definition) is 1. The van der Waals surface area contributed by atoms with Gasteiger partial charge in [-0.25, -0.2) is 0 Å². The van der Waals surface area contributed by atoms with E-state index in [1.807, 2.05) is 0 Å². The third kappa shape index (κ3) is 3.85. The van der Waals surface area contributed by atoms with Gasteiger partial charge in [0.1, 0.15) is 0 Å². The molecule has 14 heavy (non-hydrogen) atoms. The molecule has 0 radical (unpaired) electrons. The Kier molecular flexibility index (Phi) is 5.38. The second-order valence-corrected chi connectivity index (χ2v) is 4.97. The van der Waals surface area contributed by atoms with Gasteiger partial charge in [0, 0.05) is 24.5 Å². The maximum absolute atomic E-state index is 9.53. The molecule has 4 heteroatoms. The van der Waals surface area contributed by atoms with Gasteiger partial charge in [0.15, 0.2) is 0 Å². The molecule has 0 spiro atoms. The minimum atomic E-state index is -0.226. The van der Waals surface area contributed by atoms with Gasteiger partial charge in [0.25, 0.3) is 0 Å². The summed E-state index contributed by atoms with van der Waals surface area (Å²) in [6.45, 7) is 3.03. The van der Waals surface area contributed by atoms with Gasteiger partial charge in [-0.05, 0) is 33.5 Å². The third-order valence-electron chi connectivity index (χ3n) is 2.86. The van der Waals surface area contributed by atoms with Crippen LogP contribution in [0.25, 0.3) is 0 Å². The fraction of sp³-hybridized carbons (Fsp3) is 1.00. The summed E-state index contributed by atoms with van der Waals surface area (Å²) in [5, 5.41) is 10.2. The summed E-state index contributed by atoms with van der Waals surface area (Å²) in [4.78, 5) is 4.65. The average molecular weight is 265 g/mol. The van der Waals surface area contributed by atoms with E-state index in [0.717, 1.165) is 19.6 Å². The number of piperidine rings is 1. The van der Waals surface area contributed by atoms with Crippen LogP contribution in [0.3, 0.4) is 0 Å². The molecule has 1 aliphatic heterocycles. The van der Waals surface area contributed by atoms with E-state index in [4.69, 9.17) is 0 Å². The minimum absolute atomic E-state index is 0.226. The van der Waals surface area contributed by atoms with Gasteiger partial charge in [0.2, 0.25) is 0 Å². The molecule has 0 aromatic heterocycles. The van der Waals surface area contributed by atoms with Crippen LogP contribution in [-0.2, 0) is 0 Å². The smallest absolute Gasteiger partial charge is 0.0763 e. The SMILES string of the molecule is CN(C)C1CCCN(CC(O)CBr)C1. The first-order chi connectivity index (χ1) is 6.63. The van der Waals surface area contributed by atoms with Gasteiger partial charge >= 0.3 is 0 Å². The molecule has 1 aliphatic rings. The highest BCUT2D eigenvalue weighted by Crippen LogP contribution is 2.14. The van der Waals surface area contributed by atoms with Crippen LogP contribution in [0.1, 0.15) is 12.8 Å². The number of aliphatic hydroxyl groups excluding tert-OH is 1. The molecule has 1 saturated heterocycles. The Bertz CT molecular complexity index is 166. The molecule has 84 valence electrons. The van der Waals surface area contributed by atoms with Crippen LogP contribution in [0, 0.1) is 0 Å². The lowest BCUT2D eigenvalue weighted by molar-refractivity contribution is 0.0829. The molecule has 2 unspecified atom stereocenters. The Morgan fingerprint density at radius 1 is 1.57 bits per heavy atom. The fourth-order valence-corrected chi connectivity index (χ4v) is 2.17. The molecule has 1 N–H and O–H groups in total. The first-order valence-corrected chi connectivity index (χ1v) is 6.38. The number of rotatable bonds is 4. The number of aliphatic hydroxyl groups is 1. The van der Waals surface area contributed by atoms with Crippen molar-refractivity contribution in [2.45, 2.75) is 25.0 Å². The van der Waals surface area contributed by atoms with Crippen molar-refractivity contribution >= 4 is 15.9 Å². The zero-order valence-corrected chi connectivity index (χ0v) is 10.7. The predicted octanol–water partition coefficient (Wildman–Crippen LogP) is 0.768. The first kappa shape index (κ1) is 12.4. The number of β-amino-alcohol motifs (C(OH)–C–C–N with tert-alkyl or cyclic N) is 1. The van der Waals surface area contributed by atoms with Crippen molar-refractivity contribution in [3.05, 3.63) is 0 Å². The molecule has 1 fully saturated rings. The molecular formula is C10H21BrN2O. The molecule has 0 aromatic carbocycles. The second-order valence-electron chi connectivity index (χ2n) is 4.33. The predicted molar refractivity (Wildman–Crippen MR) is 62.9 cm³/mol. The Hall–Kier alpha value is 0.360. The summed E-state index contributed by atoms with van der Waals surface area (Å²) in [5.41, 5.74) is 0. The maximum atomic E-state index is 9.53. The van der Waals surface area contributed by atoms with E-state index in [2.05, 4.69) is 39.8 Å². The maximum Gasteiger partial charge on any atom is 0.0763 e. The van der Waals surface area contributed by atoms with Crippen molar-refractivity contribution in [1.82, 2.24) is 9.80 Å². The lowest BCUT2D eigenvalue weighted by atomic mass is 10.0. The van der Waals surface area contributed by atoms with Gasteiger partial charge in [-0.2, -0.15) is 0 Å². The standard InChI is InChI=1S/C10H21BrN2O/c1-12(2)9-4-3-5-13(7-9)8-10(14)6-11/h9-10,14H,3-8H2,1-2H3. The largest absolute Gasteiger partial charge is 0.391 e. The summed E-state index contributed by atoms with van der Waals surface area (Å²) >= 11 is 3.30. The topological polar surface area (TPSA) is 26.7 Å². The normalized spacial score (nSPS) is 26.8. The zero-order chi connectivity index (χ0) is 10.6. The van der Waals surface area contributed by atoms with Crippen molar-refractivity contribution in [1.29, 1.82) is 0 Å². The molecule has 0 aromatic rings. The van der Waals surface area contributed by atoms with E-state index in [0.29, 0.717) is 11.4 Å². The van der Waals surface area contributed by atoms with Gasteiger partial charge < -0.3 is 10.0 Å². The molecule has 3 nitrogen and oxygen atoms in total. The Balaban J connectivity index is 2.32. The second kappa shape index (κ2) is 6.05. The molecular weight excluding hydrogens is 244 g/mol. The van der Waals surface area contributed by atoms with E-state index >= 15 is 0 Å². The molecule has 1 rings (SSSR count). The molecule has 1 heterocycles. The van der Waals surface area contributed by atoms with Gasteiger partial charge in [-0.3, -0.25) is 4.90 Å². The van der Waals surface area contributed by atoms with Crippen LogP contribution in [0.15, 0.2) is 0 Å². The van der Waals surface area contributed by atoms with Crippen molar-refractivity contribution in [3.8, 4) is 0 Å². The first-order valence-electron chi connectivity index (χ1n) is 5.26.